The van der Waals surface area contributed by atoms with Crippen molar-refractivity contribution in [3.63, 3.8) is 0 Å². The molecule has 6 nitrogen and oxygen atoms in total. The molecule has 0 saturated heterocycles. The monoisotopic (exact) mass is 394 g/mol. The zero-order chi connectivity index (χ0) is 20.6. The number of carbonyl (C=O) groups excluding carboxylic acids is 1. The molecule has 0 bridgehead atoms. The number of nitrogens with one attached hydrogen (secondary N) is 1. The SMILES string of the molecule is CC(c1cc2ccccc2o1)N(C)C(=O)NCC(C)(C)c1ccc2c(c1)OCO2. The van der Waals surface area contributed by atoms with Gasteiger partial charge in [0.05, 0.1) is 6.04 Å². The van der Waals surface area contributed by atoms with E-state index in [1.165, 1.54) is 0 Å². The topological polar surface area (TPSA) is 63.9 Å². The number of rotatable bonds is 5. The standard InChI is InChI=1S/C23H26N2O4/c1-15(20-11-16-7-5-6-8-18(16)29-20)25(4)22(26)24-13-23(2,3)17-9-10-19-21(12-17)28-14-27-19/h5-12,15H,13-14H2,1-4H3,(H,24,26). The molecule has 1 atom stereocenters. The lowest BCUT2D eigenvalue weighted by Gasteiger charge is -2.29. The van der Waals surface area contributed by atoms with Crippen LogP contribution >= 0.6 is 0 Å². The Hall–Kier alpha value is -3.15. The molecule has 4 rings (SSSR count). The number of furan rings is 1. The van der Waals surface area contributed by atoms with Gasteiger partial charge in [-0.3, -0.25) is 0 Å². The molecule has 152 valence electrons. The summed E-state index contributed by atoms with van der Waals surface area (Å²) in [6, 6.07) is 15.4. The van der Waals surface area contributed by atoms with E-state index in [1.54, 1.807) is 11.9 Å². The van der Waals surface area contributed by atoms with Crippen LogP contribution in [0.2, 0.25) is 0 Å². The van der Waals surface area contributed by atoms with Crippen molar-refractivity contribution in [2.75, 3.05) is 20.4 Å². The van der Waals surface area contributed by atoms with Gasteiger partial charge in [-0.2, -0.15) is 0 Å². The third kappa shape index (κ3) is 3.75. The van der Waals surface area contributed by atoms with Gasteiger partial charge in [-0.25, -0.2) is 4.79 Å². The van der Waals surface area contributed by atoms with Crippen LogP contribution in [0.25, 0.3) is 11.0 Å². The molecular formula is C23H26N2O4. The molecule has 0 saturated carbocycles. The first kappa shape index (κ1) is 19.2. The number of amides is 2. The zero-order valence-corrected chi connectivity index (χ0v) is 17.2. The normalized spacial score (nSPS) is 14.1. The summed E-state index contributed by atoms with van der Waals surface area (Å²) in [6.45, 7) is 6.88. The van der Waals surface area contributed by atoms with Crippen LogP contribution in [0.1, 0.15) is 38.1 Å². The van der Waals surface area contributed by atoms with Crippen molar-refractivity contribution in [2.45, 2.75) is 32.2 Å². The molecule has 1 unspecified atom stereocenters. The van der Waals surface area contributed by atoms with E-state index < -0.39 is 0 Å². The summed E-state index contributed by atoms with van der Waals surface area (Å²) in [6.07, 6.45) is 0. The minimum atomic E-state index is -0.264. The second kappa shape index (κ2) is 7.35. The summed E-state index contributed by atoms with van der Waals surface area (Å²) in [4.78, 5) is 14.4. The lowest BCUT2D eigenvalue weighted by Crippen LogP contribution is -2.43. The second-order valence-electron chi connectivity index (χ2n) is 8.08. The van der Waals surface area contributed by atoms with Gasteiger partial charge < -0.3 is 24.1 Å². The number of benzene rings is 2. The lowest BCUT2D eigenvalue weighted by molar-refractivity contribution is 0.174. The number of fused-ring (bicyclic) bond motifs is 2. The summed E-state index contributed by atoms with van der Waals surface area (Å²) in [7, 11) is 1.78. The molecule has 0 aliphatic carbocycles. The number of nitrogens with zero attached hydrogens (tertiary/aromatic N) is 1. The Morgan fingerprint density at radius 1 is 1.14 bits per heavy atom. The average Bonchev–Trinajstić information content (AvgIpc) is 3.36. The maximum Gasteiger partial charge on any atom is 0.317 e. The number of carbonyl (C=O) groups is 1. The van der Waals surface area contributed by atoms with Gasteiger partial charge in [0.25, 0.3) is 0 Å². The molecule has 2 aromatic carbocycles. The predicted octanol–water partition coefficient (Wildman–Crippen LogP) is 4.84. The average molecular weight is 394 g/mol. The highest BCUT2D eigenvalue weighted by Gasteiger charge is 2.27. The van der Waals surface area contributed by atoms with E-state index in [-0.39, 0.29) is 24.3 Å². The molecule has 6 heteroatoms. The summed E-state index contributed by atoms with van der Waals surface area (Å²) in [5.74, 6) is 2.27. The smallest absolute Gasteiger partial charge is 0.317 e. The molecule has 3 aromatic rings. The summed E-state index contributed by atoms with van der Waals surface area (Å²) >= 11 is 0. The molecule has 1 aliphatic rings. The predicted molar refractivity (Wildman–Crippen MR) is 111 cm³/mol. The van der Waals surface area contributed by atoms with Gasteiger partial charge >= 0.3 is 6.03 Å². The number of ether oxygens (including phenoxy) is 2. The van der Waals surface area contributed by atoms with Gasteiger partial charge in [-0.15, -0.1) is 0 Å². The fourth-order valence-electron chi connectivity index (χ4n) is 3.42. The Morgan fingerprint density at radius 3 is 2.69 bits per heavy atom. The van der Waals surface area contributed by atoms with E-state index in [2.05, 4.69) is 19.2 Å². The van der Waals surface area contributed by atoms with Crippen LogP contribution in [0.4, 0.5) is 4.79 Å². The van der Waals surface area contributed by atoms with Crippen LogP contribution in [0.15, 0.2) is 52.9 Å². The van der Waals surface area contributed by atoms with E-state index in [0.29, 0.717) is 6.54 Å². The Bertz CT molecular complexity index is 1010. The lowest BCUT2D eigenvalue weighted by atomic mass is 9.84. The van der Waals surface area contributed by atoms with Crippen molar-refractivity contribution in [3.8, 4) is 11.5 Å². The van der Waals surface area contributed by atoms with Gasteiger partial charge in [0.2, 0.25) is 6.79 Å². The van der Waals surface area contributed by atoms with Crippen LogP contribution in [0.5, 0.6) is 11.5 Å². The van der Waals surface area contributed by atoms with E-state index >= 15 is 0 Å². The maximum absolute atomic E-state index is 12.8. The van der Waals surface area contributed by atoms with Crippen LogP contribution in [0.3, 0.4) is 0 Å². The first-order valence-electron chi connectivity index (χ1n) is 9.74. The van der Waals surface area contributed by atoms with Crippen LogP contribution in [0, 0.1) is 0 Å². The highest BCUT2D eigenvalue weighted by Crippen LogP contribution is 2.36. The van der Waals surface area contributed by atoms with Crippen molar-refractivity contribution < 1.29 is 18.7 Å². The van der Waals surface area contributed by atoms with Crippen molar-refractivity contribution in [2.24, 2.45) is 0 Å². The molecule has 1 aromatic heterocycles. The van der Waals surface area contributed by atoms with E-state index in [9.17, 15) is 4.79 Å². The minimum absolute atomic E-state index is 0.147. The summed E-state index contributed by atoms with van der Waals surface area (Å²) in [5, 5.41) is 4.08. The fourth-order valence-corrected chi connectivity index (χ4v) is 3.42. The zero-order valence-electron chi connectivity index (χ0n) is 17.2. The van der Waals surface area contributed by atoms with Crippen molar-refractivity contribution in [1.82, 2.24) is 10.2 Å². The third-order valence-corrected chi connectivity index (χ3v) is 5.59. The van der Waals surface area contributed by atoms with Crippen molar-refractivity contribution >= 4 is 17.0 Å². The Labute approximate surface area is 170 Å². The van der Waals surface area contributed by atoms with Gasteiger partial charge in [0.15, 0.2) is 11.5 Å². The van der Waals surface area contributed by atoms with E-state index in [0.717, 1.165) is 33.8 Å². The molecule has 1 N–H and O–H groups in total. The minimum Gasteiger partial charge on any atom is -0.459 e. The van der Waals surface area contributed by atoms with Crippen LogP contribution in [-0.2, 0) is 5.41 Å². The molecule has 2 amide bonds. The maximum atomic E-state index is 12.8. The Kier molecular flexibility index (Phi) is 4.86. The number of urea groups is 1. The summed E-state index contributed by atoms with van der Waals surface area (Å²) in [5.41, 5.74) is 1.64. The molecule has 1 aliphatic heterocycles. The third-order valence-electron chi connectivity index (χ3n) is 5.59. The molecule has 2 heterocycles. The van der Waals surface area contributed by atoms with Crippen LogP contribution in [-0.4, -0.2) is 31.3 Å². The number of hydrogen-bond donors (Lipinski definition) is 1. The first-order valence-corrected chi connectivity index (χ1v) is 9.74. The first-order chi connectivity index (χ1) is 13.8. The van der Waals surface area contributed by atoms with Crippen molar-refractivity contribution in [1.29, 1.82) is 0 Å². The molecule has 0 radical (unpaired) electrons. The number of para-hydroxylation sites is 1. The van der Waals surface area contributed by atoms with E-state index in [1.807, 2.05) is 55.5 Å². The van der Waals surface area contributed by atoms with Crippen LogP contribution < -0.4 is 14.8 Å². The second-order valence-corrected chi connectivity index (χ2v) is 8.08. The highest BCUT2D eigenvalue weighted by atomic mass is 16.7. The van der Waals surface area contributed by atoms with Gasteiger partial charge in [-0.05, 0) is 36.8 Å². The molecule has 29 heavy (non-hydrogen) atoms. The van der Waals surface area contributed by atoms with Gasteiger partial charge in [0, 0.05) is 24.4 Å². The van der Waals surface area contributed by atoms with Gasteiger partial charge in [0.1, 0.15) is 11.3 Å². The van der Waals surface area contributed by atoms with Crippen molar-refractivity contribution in [3.05, 3.63) is 59.9 Å². The Balaban J connectivity index is 1.41. The molecule has 0 spiro atoms. The molecular weight excluding hydrogens is 368 g/mol. The quantitative estimate of drug-likeness (QED) is 0.672. The van der Waals surface area contributed by atoms with Gasteiger partial charge in [-0.1, -0.05) is 38.1 Å². The highest BCUT2D eigenvalue weighted by molar-refractivity contribution is 5.78. The van der Waals surface area contributed by atoms with E-state index in [4.69, 9.17) is 13.9 Å². The fraction of sp³-hybridized carbons (Fsp3) is 0.348. The molecule has 0 fully saturated rings. The Morgan fingerprint density at radius 2 is 1.90 bits per heavy atom. The largest absolute Gasteiger partial charge is 0.459 e. The summed E-state index contributed by atoms with van der Waals surface area (Å²) < 4.78 is 16.8. The number of hydrogen-bond acceptors (Lipinski definition) is 4.